The largest absolute Gasteiger partial charge is 0.465 e. The molecule has 0 spiro atoms. The van der Waals surface area contributed by atoms with E-state index in [-0.39, 0.29) is 5.84 Å². The Hall–Kier alpha value is -2.90. The Morgan fingerprint density at radius 3 is 1.75 bits per heavy atom. The summed E-state index contributed by atoms with van der Waals surface area (Å²) in [6.07, 6.45) is -1.54. The summed E-state index contributed by atoms with van der Waals surface area (Å²) in [4.78, 5) is 41.3. The fourth-order valence-electron chi connectivity index (χ4n) is 1.99. The molecule has 1 aromatic carbocycles. The van der Waals surface area contributed by atoms with Crippen molar-refractivity contribution in [1.29, 1.82) is 0 Å². The first-order valence-corrected chi connectivity index (χ1v) is 8.70. The molecule has 0 radical (unpaired) electrons. The van der Waals surface area contributed by atoms with Gasteiger partial charge in [0.2, 0.25) is 0 Å². The van der Waals surface area contributed by atoms with Gasteiger partial charge in [-0.05, 0) is 53.7 Å². The number of hydrogen-bond donors (Lipinski definition) is 0. The van der Waals surface area contributed by atoms with Crippen molar-refractivity contribution >= 4 is 24.0 Å². The van der Waals surface area contributed by atoms with Crippen molar-refractivity contribution in [2.24, 2.45) is 4.99 Å². The Balaban J connectivity index is 3.29. The van der Waals surface area contributed by atoms with Gasteiger partial charge >= 0.3 is 18.2 Å². The molecule has 0 aliphatic rings. The lowest BCUT2D eigenvalue weighted by Crippen LogP contribution is -2.39. The molecule has 0 aromatic heterocycles. The molecule has 0 bridgehead atoms. The standard InChI is InChI=1S/C20H28N2O6/c1-19(2,3)27-17(24)21-15(22(7)18(25)28-20(4,5)6)13-9-11-14(12-10-13)16(23)26-8/h9-12H,1-8H3/b21-15-. The topological polar surface area (TPSA) is 94.5 Å². The molecule has 0 fully saturated rings. The first-order chi connectivity index (χ1) is 12.7. The lowest BCUT2D eigenvalue weighted by molar-refractivity contribution is 0.0400. The third-order valence-corrected chi connectivity index (χ3v) is 3.14. The van der Waals surface area contributed by atoms with Gasteiger partial charge in [0.05, 0.1) is 12.7 Å². The molecular formula is C20H28N2O6. The van der Waals surface area contributed by atoms with Crippen molar-refractivity contribution in [3.63, 3.8) is 0 Å². The number of aliphatic imine (C=N–C) groups is 1. The van der Waals surface area contributed by atoms with Crippen molar-refractivity contribution < 1.29 is 28.6 Å². The second-order valence-corrected chi connectivity index (χ2v) is 8.02. The van der Waals surface area contributed by atoms with Crippen molar-refractivity contribution in [3.05, 3.63) is 35.4 Å². The molecular weight excluding hydrogens is 364 g/mol. The molecule has 0 N–H and O–H groups in total. The maximum Gasteiger partial charge on any atom is 0.436 e. The summed E-state index contributed by atoms with van der Waals surface area (Å²) in [6, 6.07) is 6.12. The number of benzene rings is 1. The molecule has 8 nitrogen and oxygen atoms in total. The van der Waals surface area contributed by atoms with E-state index in [1.165, 1.54) is 26.3 Å². The zero-order chi connectivity index (χ0) is 21.7. The lowest BCUT2D eigenvalue weighted by atomic mass is 10.1. The summed E-state index contributed by atoms with van der Waals surface area (Å²) < 4.78 is 15.2. The summed E-state index contributed by atoms with van der Waals surface area (Å²) in [5.74, 6) is -0.474. The normalized spacial score (nSPS) is 12.2. The molecule has 1 rings (SSSR count). The van der Waals surface area contributed by atoms with Crippen molar-refractivity contribution in [2.45, 2.75) is 52.7 Å². The zero-order valence-electron chi connectivity index (χ0n) is 17.7. The third kappa shape index (κ3) is 7.38. The van der Waals surface area contributed by atoms with Gasteiger partial charge in [-0.25, -0.2) is 14.4 Å². The second-order valence-electron chi connectivity index (χ2n) is 8.02. The van der Waals surface area contributed by atoms with Gasteiger partial charge in [-0.2, -0.15) is 4.99 Å². The van der Waals surface area contributed by atoms with E-state index in [4.69, 9.17) is 9.47 Å². The highest BCUT2D eigenvalue weighted by molar-refractivity contribution is 6.10. The molecule has 2 amide bonds. The number of hydrogen-bond acceptors (Lipinski definition) is 6. The second kappa shape index (κ2) is 8.86. The van der Waals surface area contributed by atoms with Crippen LogP contribution in [-0.4, -0.2) is 54.3 Å². The van der Waals surface area contributed by atoms with E-state index in [9.17, 15) is 14.4 Å². The molecule has 0 saturated heterocycles. The van der Waals surface area contributed by atoms with Gasteiger partial charge in [-0.3, -0.25) is 4.90 Å². The monoisotopic (exact) mass is 392 g/mol. The van der Waals surface area contributed by atoms with E-state index in [1.807, 2.05) is 0 Å². The number of methoxy groups -OCH3 is 1. The number of rotatable bonds is 2. The van der Waals surface area contributed by atoms with Gasteiger partial charge < -0.3 is 14.2 Å². The minimum absolute atomic E-state index is 0.0277. The average molecular weight is 392 g/mol. The van der Waals surface area contributed by atoms with E-state index in [1.54, 1.807) is 53.7 Å². The fraction of sp³-hybridized carbons (Fsp3) is 0.500. The molecule has 8 heteroatoms. The highest BCUT2D eigenvalue weighted by atomic mass is 16.6. The number of esters is 1. The number of ether oxygens (including phenoxy) is 3. The maximum atomic E-state index is 12.5. The van der Waals surface area contributed by atoms with Gasteiger partial charge in [-0.15, -0.1) is 0 Å². The van der Waals surface area contributed by atoms with Crippen LogP contribution in [0.25, 0.3) is 0 Å². The SMILES string of the molecule is COC(=O)c1ccc(/C(=N/C(=O)OC(C)(C)C)N(C)C(=O)OC(C)(C)C)cc1. The van der Waals surface area contributed by atoms with Crippen LogP contribution in [0.2, 0.25) is 0 Å². The van der Waals surface area contributed by atoms with Gasteiger partial charge in [0.25, 0.3) is 0 Å². The van der Waals surface area contributed by atoms with E-state index in [0.717, 1.165) is 4.90 Å². The quantitative estimate of drug-likeness (QED) is 0.326. The molecule has 154 valence electrons. The predicted molar refractivity (Wildman–Crippen MR) is 105 cm³/mol. The first kappa shape index (κ1) is 23.1. The lowest BCUT2D eigenvalue weighted by Gasteiger charge is -2.26. The molecule has 0 saturated carbocycles. The number of carbonyl (C=O) groups excluding carboxylic acids is 3. The van der Waals surface area contributed by atoms with Crippen LogP contribution in [0.4, 0.5) is 9.59 Å². The first-order valence-electron chi connectivity index (χ1n) is 8.70. The smallest absolute Gasteiger partial charge is 0.436 e. The van der Waals surface area contributed by atoms with Crippen LogP contribution >= 0.6 is 0 Å². The molecule has 0 atom stereocenters. The summed E-state index contributed by atoms with van der Waals surface area (Å²) >= 11 is 0. The Morgan fingerprint density at radius 1 is 0.857 bits per heavy atom. The summed E-state index contributed by atoms with van der Waals surface area (Å²) in [5.41, 5.74) is -0.725. The fourth-order valence-corrected chi connectivity index (χ4v) is 1.99. The Morgan fingerprint density at radius 2 is 1.32 bits per heavy atom. The van der Waals surface area contributed by atoms with Crippen LogP contribution in [0.3, 0.4) is 0 Å². The molecule has 0 heterocycles. The van der Waals surface area contributed by atoms with Crippen LogP contribution in [0, 0.1) is 0 Å². The predicted octanol–water partition coefficient (Wildman–Crippen LogP) is 4.02. The van der Waals surface area contributed by atoms with E-state index < -0.39 is 29.4 Å². The van der Waals surface area contributed by atoms with Crippen molar-refractivity contribution in [3.8, 4) is 0 Å². The minimum Gasteiger partial charge on any atom is -0.465 e. The van der Waals surface area contributed by atoms with E-state index in [2.05, 4.69) is 9.73 Å². The van der Waals surface area contributed by atoms with Crippen LogP contribution in [0.1, 0.15) is 57.5 Å². The van der Waals surface area contributed by atoms with Crippen LogP contribution < -0.4 is 0 Å². The maximum absolute atomic E-state index is 12.5. The summed E-state index contributed by atoms with van der Waals surface area (Å²) in [6.45, 7) is 10.3. The van der Waals surface area contributed by atoms with Crippen molar-refractivity contribution in [2.75, 3.05) is 14.2 Å². The molecule has 0 aliphatic carbocycles. The average Bonchev–Trinajstić information content (AvgIpc) is 2.55. The van der Waals surface area contributed by atoms with Crippen molar-refractivity contribution in [1.82, 2.24) is 4.90 Å². The number of nitrogens with zero attached hydrogens (tertiary/aromatic N) is 2. The third-order valence-electron chi connectivity index (χ3n) is 3.14. The zero-order valence-corrected chi connectivity index (χ0v) is 17.7. The molecule has 0 aliphatic heterocycles. The number of carbonyl (C=O) groups is 3. The Kier molecular flexibility index (Phi) is 7.32. The van der Waals surface area contributed by atoms with E-state index in [0.29, 0.717) is 11.1 Å². The summed E-state index contributed by atoms with van der Waals surface area (Å²) in [5, 5.41) is 0. The van der Waals surface area contributed by atoms with Gasteiger partial charge in [-0.1, -0.05) is 12.1 Å². The number of amidine groups is 1. The summed E-state index contributed by atoms with van der Waals surface area (Å²) in [7, 11) is 2.72. The van der Waals surface area contributed by atoms with Gasteiger partial charge in [0.15, 0.2) is 5.84 Å². The molecule has 1 aromatic rings. The van der Waals surface area contributed by atoms with E-state index >= 15 is 0 Å². The van der Waals surface area contributed by atoms with Crippen LogP contribution in [0.5, 0.6) is 0 Å². The number of amides is 2. The highest BCUT2D eigenvalue weighted by Gasteiger charge is 2.26. The molecule has 0 unspecified atom stereocenters. The van der Waals surface area contributed by atoms with Crippen LogP contribution in [0.15, 0.2) is 29.3 Å². The van der Waals surface area contributed by atoms with Gasteiger partial charge in [0, 0.05) is 12.6 Å². The van der Waals surface area contributed by atoms with Crippen LogP contribution in [-0.2, 0) is 14.2 Å². The minimum atomic E-state index is -0.852. The molecule has 28 heavy (non-hydrogen) atoms. The Labute approximate surface area is 165 Å². The Bertz CT molecular complexity index is 754. The van der Waals surface area contributed by atoms with Gasteiger partial charge in [0.1, 0.15) is 11.2 Å². The highest BCUT2D eigenvalue weighted by Crippen LogP contribution is 2.15.